The molecule has 0 aliphatic rings. The van der Waals surface area contributed by atoms with Crippen molar-refractivity contribution in [1.82, 2.24) is 15.1 Å². The van der Waals surface area contributed by atoms with Crippen LogP contribution in [0.4, 0.5) is 0 Å². The van der Waals surface area contributed by atoms with Crippen LogP contribution in [0, 0.1) is 13.8 Å². The largest absolute Gasteiger partial charge is 0.497 e. The molecule has 4 rings (SSSR count). The number of methoxy groups -OCH3 is 2. The van der Waals surface area contributed by atoms with E-state index >= 15 is 0 Å². The third kappa shape index (κ3) is 3.27. The predicted molar refractivity (Wildman–Crippen MR) is 106 cm³/mol. The molecule has 0 unspecified atom stereocenters. The number of nitrogens with zero attached hydrogens (tertiary/aromatic N) is 3. The van der Waals surface area contributed by atoms with Crippen molar-refractivity contribution in [3.05, 3.63) is 46.8 Å². The van der Waals surface area contributed by atoms with Crippen LogP contribution in [0.25, 0.3) is 21.5 Å². The van der Waals surface area contributed by atoms with Gasteiger partial charge in [-0.15, -0.1) is 11.3 Å². The number of aromatic nitrogens is 3. The van der Waals surface area contributed by atoms with E-state index in [1.807, 2.05) is 25.1 Å². The van der Waals surface area contributed by atoms with E-state index in [0.29, 0.717) is 28.8 Å². The van der Waals surface area contributed by atoms with Crippen molar-refractivity contribution in [3.8, 4) is 28.6 Å². The molecule has 4 aromatic rings. The summed E-state index contributed by atoms with van der Waals surface area (Å²) in [6, 6.07) is 7.36. The Morgan fingerprint density at radius 2 is 1.93 bits per heavy atom. The van der Waals surface area contributed by atoms with Crippen molar-refractivity contribution in [1.29, 1.82) is 0 Å². The van der Waals surface area contributed by atoms with Crippen molar-refractivity contribution >= 4 is 21.6 Å². The normalized spacial score (nSPS) is 11.0. The van der Waals surface area contributed by atoms with Gasteiger partial charge in [0.2, 0.25) is 5.88 Å². The second kappa shape index (κ2) is 7.47. The Morgan fingerprint density at radius 1 is 1.07 bits per heavy atom. The Bertz CT molecular complexity index is 1140. The quantitative estimate of drug-likeness (QED) is 0.472. The van der Waals surface area contributed by atoms with Crippen LogP contribution in [0.3, 0.4) is 0 Å². The van der Waals surface area contributed by atoms with Gasteiger partial charge < -0.3 is 18.7 Å². The van der Waals surface area contributed by atoms with Gasteiger partial charge in [0.25, 0.3) is 0 Å². The number of thiophene rings is 1. The van der Waals surface area contributed by atoms with Gasteiger partial charge in [-0.2, -0.15) is 0 Å². The highest BCUT2D eigenvalue weighted by Crippen LogP contribution is 2.35. The van der Waals surface area contributed by atoms with Gasteiger partial charge in [-0.1, -0.05) is 5.16 Å². The molecule has 0 saturated carbocycles. The van der Waals surface area contributed by atoms with Crippen molar-refractivity contribution in [2.45, 2.75) is 20.5 Å². The Hall–Kier alpha value is -3.13. The molecule has 3 heterocycles. The van der Waals surface area contributed by atoms with Crippen LogP contribution in [-0.4, -0.2) is 29.3 Å². The summed E-state index contributed by atoms with van der Waals surface area (Å²) in [6.45, 7) is 4.33. The minimum atomic E-state index is 0.214. The number of aryl methyl sites for hydroxylation is 2. The number of hydrogen-bond donors (Lipinski definition) is 0. The standard InChI is InChI=1S/C20H19N3O4S/c1-11-12(2)28-20-18(11)19(21-10-22-20)26-9-14-7-16(23-27-14)15-6-5-13(24-3)8-17(15)25-4/h5-8,10H,9H2,1-4H3. The van der Waals surface area contributed by atoms with Gasteiger partial charge in [0, 0.05) is 22.6 Å². The molecule has 0 saturated heterocycles. The zero-order valence-electron chi connectivity index (χ0n) is 16.0. The fourth-order valence-corrected chi connectivity index (χ4v) is 3.90. The number of benzene rings is 1. The lowest BCUT2D eigenvalue weighted by Crippen LogP contribution is -1.97. The fraction of sp³-hybridized carbons (Fsp3) is 0.250. The molecule has 8 heteroatoms. The molecule has 0 fully saturated rings. The molecule has 0 amide bonds. The van der Waals surface area contributed by atoms with Crippen LogP contribution < -0.4 is 14.2 Å². The van der Waals surface area contributed by atoms with Gasteiger partial charge in [0.05, 0.1) is 19.6 Å². The van der Waals surface area contributed by atoms with E-state index in [0.717, 1.165) is 21.3 Å². The molecule has 0 aliphatic carbocycles. The smallest absolute Gasteiger partial charge is 0.226 e. The Labute approximate surface area is 165 Å². The predicted octanol–water partition coefficient (Wildman–Crippen LogP) is 4.56. The van der Waals surface area contributed by atoms with E-state index in [1.165, 1.54) is 11.2 Å². The van der Waals surface area contributed by atoms with E-state index in [1.54, 1.807) is 31.6 Å². The number of fused-ring (bicyclic) bond motifs is 1. The van der Waals surface area contributed by atoms with Crippen LogP contribution in [0.1, 0.15) is 16.2 Å². The van der Waals surface area contributed by atoms with Crippen molar-refractivity contribution in [2.24, 2.45) is 0 Å². The van der Waals surface area contributed by atoms with E-state index in [-0.39, 0.29) is 6.61 Å². The summed E-state index contributed by atoms with van der Waals surface area (Å²) in [6.07, 6.45) is 1.51. The van der Waals surface area contributed by atoms with Crippen LogP contribution in [-0.2, 0) is 6.61 Å². The molecule has 28 heavy (non-hydrogen) atoms. The lowest BCUT2D eigenvalue weighted by Gasteiger charge is -2.07. The molecule has 1 aromatic carbocycles. The minimum Gasteiger partial charge on any atom is -0.497 e. The van der Waals surface area contributed by atoms with Crippen molar-refractivity contribution < 1.29 is 18.7 Å². The number of rotatable bonds is 6. The summed E-state index contributed by atoms with van der Waals surface area (Å²) in [5.74, 6) is 2.50. The van der Waals surface area contributed by atoms with Gasteiger partial charge in [-0.3, -0.25) is 0 Å². The maximum atomic E-state index is 5.91. The third-order valence-corrected chi connectivity index (χ3v) is 5.64. The highest BCUT2D eigenvalue weighted by Gasteiger charge is 2.16. The monoisotopic (exact) mass is 397 g/mol. The van der Waals surface area contributed by atoms with Crippen molar-refractivity contribution in [2.75, 3.05) is 14.2 Å². The fourth-order valence-electron chi connectivity index (χ4n) is 2.92. The zero-order valence-corrected chi connectivity index (χ0v) is 16.8. The summed E-state index contributed by atoms with van der Waals surface area (Å²) in [5, 5.41) is 5.09. The molecule has 3 aromatic heterocycles. The molecule has 0 bridgehead atoms. The number of ether oxygens (including phenoxy) is 3. The van der Waals surface area contributed by atoms with E-state index < -0.39 is 0 Å². The van der Waals surface area contributed by atoms with E-state index in [4.69, 9.17) is 18.7 Å². The van der Waals surface area contributed by atoms with Crippen LogP contribution in [0.2, 0.25) is 0 Å². The topological polar surface area (TPSA) is 79.5 Å². The zero-order chi connectivity index (χ0) is 19.7. The molecule has 0 N–H and O–H groups in total. The van der Waals surface area contributed by atoms with E-state index in [9.17, 15) is 0 Å². The second-order valence-electron chi connectivity index (χ2n) is 6.18. The summed E-state index contributed by atoms with van der Waals surface area (Å²) < 4.78 is 22.0. The van der Waals surface area contributed by atoms with Crippen LogP contribution in [0.5, 0.6) is 17.4 Å². The van der Waals surface area contributed by atoms with Crippen LogP contribution in [0.15, 0.2) is 35.1 Å². The lowest BCUT2D eigenvalue weighted by molar-refractivity contribution is 0.244. The highest BCUT2D eigenvalue weighted by molar-refractivity contribution is 7.18. The second-order valence-corrected chi connectivity index (χ2v) is 7.38. The van der Waals surface area contributed by atoms with E-state index in [2.05, 4.69) is 22.0 Å². The molecule has 144 valence electrons. The summed E-state index contributed by atoms with van der Waals surface area (Å²) >= 11 is 1.63. The SMILES string of the molecule is COc1ccc(-c2cc(COc3ncnc4sc(C)c(C)c34)on2)c(OC)c1. The summed E-state index contributed by atoms with van der Waals surface area (Å²) in [7, 11) is 3.22. The Balaban J connectivity index is 1.57. The third-order valence-electron chi connectivity index (χ3n) is 4.53. The maximum absolute atomic E-state index is 5.91. The van der Waals surface area contributed by atoms with Gasteiger partial charge in [0.1, 0.15) is 28.4 Å². The van der Waals surface area contributed by atoms with Crippen molar-refractivity contribution in [3.63, 3.8) is 0 Å². The van der Waals surface area contributed by atoms with Gasteiger partial charge >= 0.3 is 0 Å². The summed E-state index contributed by atoms with van der Waals surface area (Å²) in [5.41, 5.74) is 2.61. The van der Waals surface area contributed by atoms with Gasteiger partial charge in [-0.25, -0.2) is 9.97 Å². The summed E-state index contributed by atoms with van der Waals surface area (Å²) in [4.78, 5) is 10.7. The molecule has 7 nitrogen and oxygen atoms in total. The first-order chi connectivity index (χ1) is 13.6. The lowest BCUT2D eigenvalue weighted by atomic mass is 10.1. The first kappa shape index (κ1) is 18.2. The molecule has 0 radical (unpaired) electrons. The average molecular weight is 397 g/mol. The Morgan fingerprint density at radius 3 is 2.71 bits per heavy atom. The number of hydrogen-bond acceptors (Lipinski definition) is 8. The maximum Gasteiger partial charge on any atom is 0.226 e. The van der Waals surface area contributed by atoms with Crippen LogP contribution >= 0.6 is 11.3 Å². The molecule has 0 aliphatic heterocycles. The minimum absolute atomic E-state index is 0.214. The molecule has 0 spiro atoms. The highest BCUT2D eigenvalue weighted by atomic mass is 32.1. The molecular formula is C20H19N3O4S. The average Bonchev–Trinajstić information content (AvgIpc) is 3.30. The van der Waals surface area contributed by atoms with Gasteiger partial charge in [-0.05, 0) is 31.5 Å². The van der Waals surface area contributed by atoms with Gasteiger partial charge in [0.15, 0.2) is 12.4 Å². The first-order valence-electron chi connectivity index (χ1n) is 8.62. The first-order valence-corrected chi connectivity index (χ1v) is 9.44. The molecular weight excluding hydrogens is 378 g/mol. The Kier molecular flexibility index (Phi) is 4.87. The molecule has 0 atom stereocenters.